The number of rotatable bonds is 1. The predicted molar refractivity (Wildman–Crippen MR) is 45.2 cm³/mol. The van der Waals surface area contributed by atoms with Crippen LogP contribution in [0.5, 0.6) is 0 Å². The number of nitrogens with zero attached hydrogens (tertiary/aromatic N) is 2. The predicted octanol–water partition coefficient (Wildman–Crippen LogP) is 1.52. The second kappa shape index (κ2) is 3.25. The van der Waals surface area contributed by atoms with Gasteiger partial charge in [0.15, 0.2) is 0 Å². The highest BCUT2D eigenvalue weighted by atomic mass is 15.0. The molecule has 0 atom stereocenters. The van der Waals surface area contributed by atoms with E-state index >= 15 is 0 Å². The van der Waals surface area contributed by atoms with Gasteiger partial charge in [-0.1, -0.05) is 5.92 Å². The van der Waals surface area contributed by atoms with E-state index in [-0.39, 0.29) is 0 Å². The van der Waals surface area contributed by atoms with E-state index in [0.717, 1.165) is 12.2 Å². The summed E-state index contributed by atoms with van der Waals surface area (Å²) in [5, 5.41) is 0. The molecule has 58 valence electrons. The zero-order valence-electron chi connectivity index (χ0n) is 7.18. The summed E-state index contributed by atoms with van der Waals surface area (Å²) in [7, 11) is 0. The van der Waals surface area contributed by atoms with Crippen molar-refractivity contribution in [3.05, 3.63) is 17.7 Å². The third-order valence-electron chi connectivity index (χ3n) is 1.77. The van der Waals surface area contributed by atoms with Crippen LogP contribution >= 0.6 is 0 Å². The van der Waals surface area contributed by atoms with Crippen molar-refractivity contribution in [1.29, 1.82) is 0 Å². The summed E-state index contributed by atoms with van der Waals surface area (Å²) in [6.07, 6.45) is 1.83. The Hall–Kier alpha value is -1.23. The highest BCUT2D eigenvalue weighted by molar-refractivity contribution is 5.10. The molecule has 1 heterocycles. The van der Waals surface area contributed by atoms with Crippen molar-refractivity contribution in [3.8, 4) is 11.8 Å². The van der Waals surface area contributed by atoms with E-state index in [0.29, 0.717) is 0 Å². The summed E-state index contributed by atoms with van der Waals surface area (Å²) < 4.78 is 2.05. The summed E-state index contributed by atoms with van der Waals surface area (Å²) in [6, 6.07) is 0. The van der Waals surface area contributed by atoms with Gasteiger partial charge in [-0.3, -0.25) is 0 Å². The first-order valence-corrected chi connectivity index (χ1v) is 3.63. The van der Waals surface area contributed by atoms with Crippen molar-refractivity contribution in [2.24, 2.45) is 0 Å². The fourth-order valence-electron chi connectivity index (χ4n) is 0.868. The number of hydrogen-bond donors (Lipinski definition) is 0. The van der Waals surface area contributed by atoms with Crippen LogP contribution in [-0.2, 0) is 6.54 Å². The van der Waals surface area contributed by atoms with Crippen molar-refractivity contribution in [2.75, 3.05) is 0 Å². The van der Waals surface area contributed by atoms with Gasteiger partial charge in [0.25, 0.3) is 0 Å². The molecule has 2 nitrogen and oxygen atoms in total. The molecule has 0 aliphatic carbocycles. The van der Waals surface area contributed by atoms with E-state index in [1.165, 1.54) is 5.69 Å². The van der Waals surface area contributed by atoms with Crippen LogP contribution in [0.3, 0.4) is 0 Å². The third-order valence-corrected chi connectivity index (χ3v) is 1.77. The average Bonchev–Trinajstić information content (AvgIpc) is 2.31. The smallest absolute Gasteiger partial charge is 0.0959 e. The molecule has 0 spiro atoms. The first-order valence-electron chi connectivity index (χ1n) is 3.63. The monoisotopic (exact) mass is 148 g/mol. The van der Waals surface area contributed by atoms with Crippen molar-refractivity contribution in [2.45, 2.75) is 27.3 Å². The summed E-state index contributed by atoms with van der Waals surface area (Å²) in [5.41, 5.74) is 2.29. The van der Waals surface area contributed by atoms with Crippen LogP contribution in [0.2, 0.25) is 0 Å². The van der Waals surface area contributed by atoms with Gasteiger partial charge in [-0.2, -0.15) is 0 Å². The van der Waals surface area contributed by atoms with Gasteiger partial charge in [0.1, 0.15) is 0 Å². The molecule has 0 fully saturated rings. The Morgan fingerprint density at radius 3 is 2.73 bits per heavy atom. The number of aryl methyl sites for hydroxylation is 1. The maximum absolute atomic E-state index is 4.16. The maximum Gasteiger partial charge on any atom is 0.0959 e. The maximum atomic E-state index is 4.16. The van der Waals surface area contributed by atoms with Crippen LogP contribution in [0, 0.1) is 25.7 Å². The van der Waals surface area contributed by atoms with E-state index in [1.54, 1.807) is 0 Å². The van der Waals surface area contributed by atoms with Crippen LogP contribution < -0.4 is 0 Å². The zero-order chi connectivity index (χ0) is 8.27. The van der Waals surface area contributed by atoms with Gasteiger partial charge in [-0.25, -0.2) is 4.98 Å². The molecular weight excluding hydrogens is 136 g/mol. The average molecular weight is 148 g/mol. The van der Waals surface area contributed by atoms with Crippen LogP contribution in [0.1, 0.15) is 18.3 Å². The second-order valence-electron chi connectivity index (χ2n) is 2.47. The highest BCUT2D eigenvalue weighted by Gasteiger charge is 1.98. The Morgan fingerprint density at radius 1 is 1.55 bits per heavy atom. The molecule has 11 heavy (non-hydrogen) atoms. The Kier molecular flexibility index (Phi) is 2.32. The lowest BCUT2D eigenvalue weighted by Gasteiger charge is -1.97. The molecule has 0 amide bonds. The van der Waals surface area contributed by atoms with Gasteiger partial charge in [-0.15, -0.1) is 5.92 Å². The molecule has 0 aromatic carbocycles. The Labute approximate surface area is 67.3 Å². The Balaban J connectivity index is 2.84. The topological polar surface area (TPSA) is 17.8 Å². The van der Waals surface area contributed by atoms with Gasteiger partial charge in [0.2, 0.25) is 0 Å². The summed E-state index contributed by atoms with van der Waals surface area (Å²) in [5.74, 6) is 5.85. The van der Waals surface area contributed by atoms with E-state index in [1.807, 2.05) is 24.7 Å². The van der Waals surface area contributed by atoms with Crippen LogP contribution in [0.15, 0.2) is 6.33 Å². The Morgan fingerprint density at radius 2 is 2.27 bits per heavy atom. The molecular formula is C9H12N2. The standard InChI is InChI=1S/C9H12N2/c1-4-5-6-11-7-10-8(2)9(11)3/h7H,6H2,1-3H3. The fraction of sp³-hybridized carbons (Fsp3) is 0.444. The molecule has 1 aromatic rings. The number of imidazole rings is 1. The van der Waals surface area contributed by atoms with Gasteiger partial charge in [0.05, 0.1) is 18.6 Å². The van der Waals surface area contributed by atoms with Crippen molar-refractivity contribution >= 4 is 0 Å². The van der Waals surface area contributed by atoms with Crippen molar-refractivity contribution in [1.82, 2.24) is 9.55 Å². The van der Waals surface area contributed by atoms with Gasteiger partial charge < -0.3 is 4.57 Å². The van der Waals surface area contributed by atoms with E-state index in [9.17, 15) is 0 Å². The first-order chi connectivity index (χ1) is 5.25. The third kappa shape index (κ3) is 1.62. The minimum atomic E-state index is 0.753. The lowest BCUT2D eigenvalue weighted by Crippen LogP contribution is -1.95. The molecule has 1 aromatic heterocycles. The molecule has 0 aliphatic heterocycles. The lowest BCUT2D eigenvalue weighted by molar-refractivity contribution is 0.806. The molecule has 0 saturated carbocycles. The van der Waals surface area contributed by atoms with Crippen LogP contribution in [-0.4, -0.2) is 9.55 Å². The Bertz CT molecular complexity index is 299. The minimum absolute atomic E-state index is 0.753. The van der Waals surface area contributed by atoms with Crippen LogP contribution in [0.25, 0.3) is 0 Å². The minimum Gasteiger partial charge on any atom is -0.323 e. The normalized spacial score (nSPS) is 9.00. The summed E-state index contributed by atoms with van der Waals surface area (Å²) in [4.78, 5) is 4.16. The van der Waals surface area contributed by atoms with E-state index < -0.39 is 0 Å². The second-order valence-corrected chi connectivity index (χ2v) is 2.47. The van der Waals surface area contributed by atoms with Crippen molar-refractivity contribution < 1.29 is 0 Å². The molecule has 1 rings (SSSR count). The van der Waals surface area contributed by atoms with Crippen molar-refractivity contribution in [3.63, 3.8) is 0 Å². The fourth-order valence-corrected chi connectivity index (χ4v) is 0.868. The molecule has 0 N–H and O–H groups in total. The van der Waals surface area contributed by atoms with Gasteiger partial charge in [-0.05, 0) is 20.8 Å². The number of aromatic nitrogens is 2. The molecule has 0 saturated heterocycles. The highest BCUT2D eigenvalue weighted by Crippen LogP contribution is 2.02. The zero-order valence-corrected chi connectivity index (χ0v) is 7.18. The SMILES string of the molecule is CC#CCn1cnc(C)c1C. The molecule has 0 radical (unpaired) electrons. The van der Waals surface area contributed by atoms with E-state index in [4.69, 9.17) is 0 Å². The quantitative estimate of drug-likeness (QED) is 0.552. The molecule has 0 aliphatic rings. The molecule has 0 unspecified atom stereocenters. The van der Waals surface area contributed by atoms with Crippen LogP contribution in [0.4, 0.5) is 0 Å². The van der Waals surface area contributed by atoms with Gasteiger partial charge >= 0.3 is 0 Å². The largest absolute Gasteiger partial charge is 0.323 e. The molecule has 0 bridgehead atoms. The van der Waals surface area contributed by atoms with E-state index in [2.05, 4.69) is 23.7 Å². The first kappa shape index (κ1) is 7.87. The van der Waals surface area contributed by atoms with Gasteiger partial charge in [0, 0.05) is 5.69 Å². The summed E-state index contributed by atoms with van der Waals surface area (Å²) >= 11 is 0. The summed E-state index contributed by atoms with van der Waals surface area (Å²) in [6.45, 7) is 6.66. The molecule has 2 heteroatoms. The lowest BCUT2D eigenvalue weighted by atomic mass is 10.4. The number of hydrogen-bond acceptors (Lipinski definition) is 1.